The van der Waals surface area contributed by atoms with E-state index in [2.05, 4.69) is 10.3 Å². The maximum absolute atomic E-state index is 13.6. The summed E-state index contributed by atoms with van der Waals surface area (Å²) in [5, 5.41) is 4.59. The normalized spacial score (nSPS) is 11.9. The number of pyridine rings is 1. The molecule has 184 valence electrons. The van der Waals surface area contributed by atoms with Gasteiger partial charge in [0.1, 0.15) is 17.0 Å². The summed E-state index contributed by atoms with van der Waals surface area (Å²) in [4.78, 5) is 43.1. The van der Waals surface area contributed by atoms with Gasteiger partial charge in [0.15, 0.2) is 5.78 Å². The van der Waals surface area contributed by atoms with Gasteiger partial charge in [-0.1, -0.05) is 18.2 Å². The maximum atomic E-state index is 13.6. The van der Waals surface area contributed by atoms with Crippen molar-refractivity contribution in [2.45, 2.75) is 38.7 Å². The van der Waals surface area contributed by atoms with Gasteiger partial charge in [-0.25, -0.2) is 14.6 Å². The van der Waals surface area contributed by atoms with Crippen molar-refractivity contribution in [2.75, 3.05) is 19.5 Å². The lowest BCUT2D eigenvalue weighted by Gasteiger charge is -2.23. The molecule has 0 fully saturated rings. The minimum absolute atomic E-state index is 0.136. The second-order valence-electron chi connectivity index (χ2n) is 8.68. The minimum Gasteiger partial charge on any atom is -0.497 e. The van der Waals surface area contributed by atoms with E-state index < -0.39 is 23.6 Å². The molecule has 3 rings (SSSR count). The number of esters is 1. The number of nitrogens with one attached hydrogen (secondary N) is 1. The van der Waals surface area contributed by atoms with E-state index in [0.717, 1.165) is 0 Å². The van der Waals surface area contributed by atoms with Crippen molar-refractivity contribution in [1.29, 1.82) is 0 Å². The van der Waals surface area contributed by atoms with E-state index in [0.29, 0.717) is 27.6 Å². The van der Waals surface area contributed by atoms with Crippen LogP contribution in [0.1, 0.15) is 58.1 Å². The number of carbonyl (C=O) groups is 3. The molecule has 1 N–H and O–H groups in total. The molecule has 3 aromatic rings. The average molecular weight is 497 g/mol. The van der Waals surface area contributed by atoms with E-state index >= 15 is 0 Å². The molecule has 2 heterocycles. The topological polar surface area (TPSA) is 104 Å². The van der Waals surface area contributed by atoms with Gasteiger partial charge >= 0.3 is 12.1 Å². The largest absolute Gasteiger partial charge is 0.497 e. The quantitative estimate of drug-likeness (QED) is 0.325. The maximum Gasteiger partial charge on any atom is 0.412 e. The van der Waals surface area contributed by atoms with Crippen LogP contribution in [0.3, 0.4) is 0 Å². The van der Waals surface area contributed by atoms with Crippen LogP contribution in [0.2, 0.25) is 0 Å². The molecular formula is C26H28N2O6S. The number of rotatable bonds is 8. The number of methoxy groups -OCH3 is 2. The number of Topliss-reactive ketones (excluding diaryl/α,β-unsaturated/α-hetero) is 1. The first-order valence-corrected chi connectivity index (χ1v) is 11.8. The molecule has 1 unspecified atom stereocenters. The summed E-state index contributed by atoms with van der Waals surface area (Å²) in [6.45, 7) is 5.30. The predicted octanol–water partition coefficient (Wildman–Crippen LogP) is 5.49. The Morgan fingerprint density at radius 1 is 1.06 bits per heavy atom. The van der Waals surface area contributed by atoms with E-state index in [1.807, 2.05) is 5.38 Å². The molecule has 1 amide bonds. The van der Waals surface area contributed by atoms with Crippen LogP contribution in [0, 0.1) is 0 Å². The molecule has 2 aromatic heterocycles. The molecule has 0 aliphatic heterocycles. The molecule has 35 heavy (non-hydrogen) atoms. The zero-order valence-corrected chi connectivity index (χ0v) is 21.1. The highest BCUT2D eigenvalue weighted by molar-refractivity contribution is 7.12. The van der Waals surface area contributed by atoms with Gasteiger partial charge < -0.3 is 14.2 Å². The summed E-state index contributed by atoms with van der Waals surface area (Å²) in [6, 6.07) is 13.7. The molecule has 1 atom stereocenters. The van der Waals surface area contributed by atoms with Gasteiger partial charge in [-0.3, -0.25) is 10.1 Å². The number of ketones is 1. The van der Waals surface area contributed by atoms with E-state index in [1.54, 1.807) is 69.3 Å². The SMILES string of the molecule is COC(=O)c1cccc(CC(C(=O)c2cccs2)c2ccc(OC)cc2NC(=O)OC(C)(C)C)n1. The zero-order chi connectivity index (χ0) is 25.6. The van der Waals surface area contributed by atoms with E-state index in [-0.39, 0.29) is 17.9 Å². The number of hydrogen-bond donors (Lipinski definition) is 1. The number of nitrogens with zero attached hydrogens (tertiary/aromatic N) is 1. The van der Waals surface area contributed by atoms with Crippen molar-refractivity contribution < 1.29 is 28.6 Å². The summed E-state index contributed by atoms with van der Waals surface area (Å²) in [5.41, 5.74) is 0.932. The molecule has 0 aliphatic carbocycles. The highest BCUT2D eigenvalue weighted by atomic mass is 32.1. The Bertz CT molecular complexity index is 1200. The third-order valence-corrected chi connectivity index (χ3v) is 5.85. The Kier molecular flexibility index (Phi) is 8.24. The fourth-order valence-electron chi connectivity index (χ4n) is 3.44. The summed E-state index contributed by atoms with van der Waals surface area (Å²) in [5.74, 6) is -0.898. The summed E-state index contributed by atoms with van der Waals surface area (Å²) < 4.78 is 15.5. The third-order valence-electron chi connectivity index (χ3n) is 4.97. The van der Waals surface area contributed by atoms with Crippen LogP contribution in [0.4, 0.5) is 10.5 Å². The minimum atomic E-state index is -0.704. The Hall–Kier alpha value is -3.72. The number of anilines is 1. The van der Waals surface area contributed by atoms with Gasteiger partial charge in [0.2, 0.25) is 0 Å². The number of hydrogen-bond acceptors (Lipinski definition) is 8. The van der Waals surface area contributed by atoms with Crippen molar-refractivity contribution in [2.24, 2.45) is 0 Å². The van der Waals surface area contributed by atoms with Crippen LogP contribution < -0.4 is 10.1 Å². The van der Waals surface area contributed by atoms with Gasteiger partial charge in [-0.05, 0) is 56.0 Å². The number of aromatic nitrogens is 1. The van der Waals surface area contributed by atoms with Crippen molar-refractivity contribution in [3.63, 3.8) is 0 Å². The number of carbonyl (C=O) groups excluding carboxylic acids is 3. The summed E-state index contributed by atoms with van der Waals surface area (Å²) >= 11 is 1.33. The monoisotopic (exact) mass is 496 g/mol. The van der Waals surface area contributed by atoms with E-state index in [4.69, 9.17) is 14.2 Å². The Balaban J connectivity index is 2.05. The van der Waals surface area contributed by atoms with Crippen molar-refractivity contribution >= 4 is 34.9 Å². The molecule has 0 aliphatic rings. The van der Waals surface area contributed by atoms with Crippen LogP contribution >= 0.6 is 11.3 Å². The summed E-state index contributed by atoms with van der Waals surface area (Å²) in [6.07, 6.45) is -0.461. The smallest absolute Gasteiger partial charge is 0.412 e. The van der Waals surface area contributed by atoms with Crippen LogP contribution in [0.15, 0.2) is 53.9 Å². The Labute approximate surface area is 208 Å². The molecule has 8 nitrogen and oxygen atoms in total. The molecule has 1 aromatic carbocycles. The molecular weight excluding hydrogens is 468 g/mol. The van der Waals surface area contributed by atoms with Gasteiger partial charge in [-0.2, -0.15) is 0 Å². The molecule has 0 saturated carbocycles. The predicted molar refractivity (Wildman–Crippen MR) is 134 cm³/mol. The number of ether oxygens (including phenoxy) is 3. The summed E-state index contributed by atoms with van der Waals surface area (Å²) in [7, 11) is 2.80. The second kappa shape index (κ2) is 11.1. The van der Waals surface area contributed by atoms with Crippen molar-refractivity contribution in [1.82, 2.24) is 4.98 Å². The van der Waals surface area contributed by atoms with Gasteiger partial charge in [0.25, 0.3) is 0 Å². The second-order valence-corrected chi connectivity index (χ2v) is 9.63. The molecule has 9 heteroatoms. The molecule has 0 saturated heterocycles. The first kappa shape index (κ1) is 25.9. The zero-order valence-electron chi connectivity index (χ0n) is 20.3. The number of amides is 1. The highest BCUT2D eigenvalue weighted by Crippen LogP contribution is 2.34. The lowest BCUT2D eigenvalue weighted by Crippen LogP contribution is -2.28. The van der Waals surface area contributed by atoms with Crippen molar-refractivity contribution in [3.05, 3.63) is 75.7 Å². The van der Waals surface area contributed by atoms with Gasteiger partial charge in [0, 0.05) is 18.2 Å². The fraction of sp³-hybridized carbons (Fsp3) is 0.308. The standard InChI is InChI=1S/C26H28N2O6S/c1-26(2,3)34-25(31)28-21-15-17(32-4)11-12-18(21)19(23(29)22-10-7-13-35-22)14-16-8-6-9-20(27-16)24(30)33-5/h6-13,15,19H,14H2,1-5H3,(H,28,31). The highest BCUT2D eigenvalue weighted by Gasteiger charge is 2.28. The van der Waals surface area contributed by atoms with Gasteiger partial charge in [-0.15, -0.1) is 11.3 Å². The number of thiophene rings is 1. The van der Waals surface area contributed by atoms with Gasteiger partial charge in [0.05, 0.1) is 30.7 Å². The van der Waals surface area contributed by atoms with Crippen LogP contribution in [0.5, 0.6) is 5.75 Å². The Morgan fingerprint density at radius 3 is 2.46 bits per heavy atom. The molecule has 0 radical (unpaired) electrons. The number of benzene rings is 1. The first-order valence-electron chi connectivity index (χ1n) is 10.9. The first-order chi connectivity index (χ1) is 16.6. The van der Waals surface area contributed by atoms with E-state index in [1.165, 1.54) is 25.6 Å². The Morgan fingerprint density at radius 2 is 1.83 bits per heavy atom. The van der Waals surface area contributed by atoms with E-state index in [9.17, 15) is 14.4 Å². The van der Waals surface area contributed by atoms with Crippen LogP contribution in [-0.2, 0) is 15.9 Å². The fourth-order valence-corrected chi connectivity index (χ4v) is 4.16. The van der Waals surface area contributed by atoms with Crippen LogP contribution in [0.25, 0.3) is 0 Å². The third kappa shape index (κ3) is 6.89. The lowest BCUT2D eigenvalue weighted by molar-refractivity contribution is 0.0591. The van der Waals surface area contributed by atoms with Crippen molar-refractivity contribution in [3.8, 4) is 5.75 Å². The average Bonchev–Trinajstić information content (AvgIpc) is 3.36. The lowest BCUT2D eigenvalue weighted by atomic mass is 9.88. The molecule has 0 spiro atoms. The molecule has 0 bridgehead atoms. The van der Waals surface area contributed by atoms with Crippen LogP contribution in [-0.4, -0.2) is 42.7 Å².